The summed E-state index contributed by atoms with van der Waals surface area (Å²) >= 11 is 24.7. The van der Waals surface area contributed by atoms with E-state index in [1.54, 1.807) is 30.3 Å². The van der Waals surface area contributed by atoms with Crippen LogP contribution in [-0.4, -0.2) is 30.2 Å². The van der Waals surface area contributed by atoms with Crippen molar-refractivity contribution in [3.8, 4) is 22.6 Å². The summed E-state index contributed by atoms with van der Waals surface area (Å²) in [5, 5.41) is 6.20. The minimum absolute atomic E-state index is 0.155. The van der Waals surface area contributed by atoms with E-state index in [4.69, 9.17) is 55.9 Å². The number of aromatic nitrogens is 1. The molecule has 0 spiro atoms. The van der Waals surface area contributed by atoms with Gasteiger partial charge in [-0.25, -0.2) is 10.2 Å². The van der Waals surface area contributed by atoms with Crippen LogP contribution in [0.1, 0.15) is 26.4 Å². The van der Waals surface area contributed by atoms with Gasteiger partial charge in [0.25, 0.3) is 5.91 Å². The van der Waals surface area contributed by atoms with Gasteiger partial charge in [-0.2, -0.15) is 5.10 Å². The predicted molar refractivity (Wildman–Crippen MR) is 163 cm³/mol. The second-order valence-electron chi connectivity index (χ2n) is 8.67. The van der Waals surface area contributed by atoms with Crippen molar-refractivity contribution in [3.05, 3.63) is 116 Å². The van der Waals surface area contributed by atoms with Gasteiger partial charge in [0.15, 0.2) is 11.5 Å². The number of benzene rings is 4. The number of ether oxygens (including phenoxy) is 2. The van der Waals surface area contributed by atoms with E-state index >= 15 is 0 Å². The number of methoxy groups -OCH3 is 1. The van der Waals surface area contributed by atoms with E-state index in [-0.39, 0.29) is 27.8 Å². The van der Waals surface area contributed by atoms with Gasteiger partial charge in [-0.15, -0.1) is 0 Å². The Morgan fingerprint density at radius 2 is 1.61 bits per heavy atom. The zero-order valence-electron chi connectivity index (χ0n) is 21.2. The highest BCUT2D eigenvalue weighted by molar-refractivity contribution is 6.39. The average Bonchev–Trinajstić information content (AvgIpc) is 3.34. The van der Waals surface area contributed by atoms with Gasteiger partial charge in [0.05, 0.1) is 34.4 Å². The highest BCUT2D eigenvalue weighted by atomic mass is 35.5. The summed E-state index contributed by atoms with van der Waals surface area (Å²) in [6.07, 6.45) is 1.43. The molecular weight excluding hydrogens is 608 g/mol. The van der Waals surface area contributed by atoms with Crippen molar-refractivity contribution in [2.75, 3.05) is 7.11 Å². The quantitative estimate of drug-likeness (QED) is 0.0820. The molecule has 0 aliphatic heterocycles. The molecule has 5 aromatic rings. The van der Waals surface area contributed by atoms with Crippen molar-refractivity contribution >= 4 is 75.4 Å². The molecule has 0 fully saturated rings. The lowest BCUT2D eigenvalue weighted by atomic mass is 10.0. The Kier molecular flexibility index (Phi) is 8.52. The molecular formula is C30H19Cl4N3O4. The molecule has 0 atom stereocenters. The third-order valence-corrected chi connectivity index (χ3v) is 7.10. The first kappa shape index (κ1) is 28.5. The Morgan fingerprint density at radius 1 is 0.854 bits per heavy atom. The van der Waals surface area contributed by atoms with Crippen molar-refractivity contribution in [2.24, 2.45) is 5.10 Å². The highest BCUT2D eigenvalue weighted by Gasteiger charge is 2.21. The summed E-state index contributed by atoms with van der Waals surface area (Å²) < 4.78 is 10.9. The van der Waals surface area contributed by atoms with Gasteiger partial charge in [-0.05, 0) is 59.7 Å². The molecule has 11 heteroatoms. The normalized spacial score (nSPS) is 11.1. The first-order valence-electron chi connectivity index (χ1n) is 12.0. The Hall–Kier alpha value is -4.01. The SMILES string of the molecule is COc1cc(C=NNC(=O)c2[nH]c3c(Cl)cc(Cl)cc3c2-c2ccccc2)ccc1OC(=O)c1ccc(Cl)cc1Cl. The third kappa shape index (κ3) is 6.19. The fourth-order valence-corrected chi connectivity index (χ4v) is 5.20. The van der Waals surface area contributed by atoms with Gasteiger partial charge in [0.2, 0.25) is 0 Å². The molecule has 1 amide bonds. The molecule has 41 heavy (non-hydrogen) atoms. The fourth-order valence-electron chi connectivity index (χ4n) is 4.17. The lowest BCUT2D eigenvalue weighted by Crippen LogP contribution is -2.18. The molecule has 2 N–H and O–H groups in total. The Morgan fingerprint density at radius 3 is 2.34 bits per heavy atom. The summed E-state index contributed by atoms with van der Waals surface area (Å²) in [7, 11) is 1.43. The number of fused-ring (bicyclic) bond motifs is 1. The molecule has 206 valence electrons. The molecule has 0 radical (unpaired) electrons. The zero-order chi connectivity index (χ0) is 29.1. The Labute approximate surface area is 254 Å². The van der Waals surface area contributed by atoms with Gasteiger partial charge < -0.3 is 14.5 Å². The molecule has 0 saturated carbocycles. The van der Waals surface area contributed by atoms with E-state index in [1.165, 1.54) is 31.5 Å². The van der Waals surface area contributed by atoms with Crippen LogP contribution in [0.3, 0.4) is 0 Å². The number of H-pyrrole nitrogens is 1. The molecule has 0 bridgehead atoms. The van der Waals surface area contributed by atoms with E-state index in [2.05, 4.69) is 15.5 Å². The first-order chi connectivity index (χ1) is 19.7. The van der Waals surface area contributed by atoms with E-state index < -0.39 is 11.9 Å². The second-order valence-corrected chi connectivity index (χ2v) is 10.4. The number of hydrazone groups is 1. The minimum atomic E-state index is -0.674. The van der Waals surface area contributed by atoms with Gasteiger partial charge in [-0.3, -0.25) is 4.79 Å². The van der Waals surface area contributed by atoms with Crippen LogP contribution in [0.25, 0.3) is 22.0 Å². The van der Waals surface area contributed by atoms with Gasteiger partial charge >= 0.3 is 5.97 Å². The topological polar surface area (TPSA) is 92.8 Å². The van der Waals surface area contributed by atoms with Gasteiger partial charge in [0, 0.05) is 21.0 Å². The molecule has 1 aromatic heterocycles. The van der Waals surface area contributed by atoms with Crippen molar-refractivity contribution in [1.29, 1.82) is 0 Å². The Balaban J connectivity index is 1.37. The van der Waals surface area contributed by atoms with Crippen LogP contribution in [0.15, 0.2) is 84.0 Å². The van der Waals surface area contributed by atoms with E-state index in [9.17, 15) is 9.59 Å². The molecule has 0 aliphatic rings. The van der Waals surface area contributed by atoms with E-state index in [0.717, 1.165) is 5.56 Å². The van der Waals surface area contributed by atoms with Crippen LogP contribution in [0.4, 0.5) is 0 Å². The maximum atomic E-state index is 13.2. The third-order valence-electron chi connectivity index (χ3n) is 6.03. The number of aromatic amines is 1. The lowest BCUT2D eigenvalue weighted by molar-refractivity contribution is 0.0729. The van der Waals surface area contributed by atoms with Crippen molar-refractivity contribution in [2.45, 2.75) is 0 Å². The van der Waals surface area contributed by atoms with Crippen LogP contribution in [0.2, 0.25) is 20.1 Å². The number of carbonyl (C=O) groups excluding carboxylic acids is 2. The number of halogens is 4. The van der Waals surface area contributed by atoms with Crippen molar-refractivity contribution < 1.29 is 19.1 Å². The molecule has 0 aliphatic carbocycles. The van der Waals surface area contributed by atoms with Crippen LogP contribution in [0.5, 0.6) is 11.5 Å². The van der Waals surface area contributed by atoms with Crippen LogP contribution >= 0.6 is 46.4 Å². The van der Waals surface area contributed by atoms with E-state index in [0.29, 0.717) is 37.1 Å². The largest absolute Gasteiger partial charge is 0.493 e. The molecule has 0 unspecified atom stereocenters. The maximum Gasteiger partial charge on any atom is 0.345 e. The number of hydrogen-bond acceptors (Lipinski definition) is 5. The summed E-state index contributed by atoms with van der Waals surface area (Å²) in [4.78, 5) is 29.0. The second kappa shape index (κ2) is 12.2. The molecule has 4 aromatic carbocycles. The average molecular weight is 627 g/mol. The highest BCUT2D eigenvalue weighted by Crippen LogP contribution is 2.37. The zero-order valence-corrected chi connectivity index (χ0v) is 24.2. The Bertz CT molecular complexity index is 1820. The summed E-state index contributed by atoms with van der Waals surface area (Å²) in [5.41, 5.74) is 5.57. The predicted octanol–water partition coefficient (Wildman–Crippen LogP) is 8.44. The fraction of sp³-hybridized carbons (Fsp3) is 0.0333. The summed E-state index contributed by atoms with van der Waals surface area (Å²) in [6.45, 7) is 0. The standard InChI is InChI=1S/C30H19Cl4N3O4/c1-40-25-11-16(7-10-24(25)41-30(39)20-9-8-18(31)13-22(20)33)15-35-37-29(38)28-26(17-5-3-2-4-6-17)21-12-19(32)14-23(34)27(21)36-28/h2-15,36H,1H3,(H,37,38). The number of rotatable bonds is 7. The summed E-state index contributed by atoms with van der Waals surface area (Å²) in [6, 6.07) is 22.0. The van der Waals surface area contributed by atoms with Gasteiger partial charge in [-0.1, -0.05) is 76.7 Å². The van der Waals surface area contributed by atoms with Crippen LogP contribution in [-0.2, 0) is 0 Å². The molecule has 7 nitrogen and oxygen atoms in total. The minimum Gasteiger partial charge on any atom is -0.493 e. The monoisotopic (exact) mass is 625 g/mol. The summed E-state index contributed by atoms with van der Waals surface area (Å²) in [5.74, 6) is -0.716. The maximum absolute atomic E-state index is 13.2. The number of esters is 1. The molecule has 5 rings (SSSR count). The number of nitrogens with zero attached hydrogens (tertiary/aromatic N) is 1. The van der Waals surface area contributed by atoms with Crippen molar-refractivity contribution in [1.82, 2.24) is 10.4 Å². The molecule has 0 saturated heterocycles. The lowest BCUT2D eigenvalue weighted by Gasteiger charge is -2.10. The van der Waals surface area contributed by atoms with Crippen LogP contribution < -0.4 is 14.9 Å². The number of carbonyl (C=O) groups is 2. The smallest absolute Gasteiger partial charge is 0.345 e. The van der Waals surface area contributed by atoms with Crippen LogP contribution in [0, 0.1) is 0 Å². The number of hydrogen-bond donors (Lipinski definition) is 2. The first-order valence-corrected chi connectivity index (χ1v) is 13.5. The van der Waals surface area contributed by atoms with E-state index in [1.807, 2.05) is 30.3 Å². The number of amides is 1. The number of nitrogens with one attached hydrogen (secondary N) is 2. The molecule has 1 heterocycles. The van der Waals surface area contributed by atoms with Crippen molar-refractivity contribution in [3.63, 3.8) is 0 Å². The van der Waals surface area contributed by atoms with Gasteiger partial charge in [0.1, 0.15) is 5.69 Å².